The Labute approximate surface area is 107 Å². The van der Waals surface area contributed by atoms with Crippen LogP contribution in [0.4, 0.5) is 24.5 Å². The molecule has 0 saturated carbocycles. The number of carboxylic acid groups (broad SMARTS) is 1. The number of carboxylic acids is 1. The van der Waals surface area contributed by atoms with Gasteiger partial charge >= 0.3 is 12.1 Å². The van der Waals surface area contributed by atoms with E-state index >= 15 is 0 Å². The van der Waals surface area contributed by atoms with Crippen LogP contribution in [0.5, 0.6) is 0 Å². The lowest BCUT2D eigenvalue weighted by Crippen LogP contribution is -2.37. The highest BCUT2D eigenvalue weighted by molar-refractivity contribution is 5.95. The van der Waals surface area contributed by atoms with Gasteiger partial charge in [-0.05, 0) is 18.2 Å². The van der Waals surface area contributed by atoms with Crippen molar-refractivity contribution in [3.63, 3.8) is 0 Å². The molecule has 106 valence electrons. The van der Waals surface area contributed by atoms with Gasteiger partial charge in [0.1, 0.15) is 6.54 Å². The molecule has 1 rings (SSSR count). The minimum atomic E-state index is -4.51. The average molecular weight is 278 g/mol. The minimum absolute atomic E-state index is 0.131. The van der Waals surface area contributed by atoms with Crippen LogP contribution < -0.4 is 10.6 Å². The lowest BCUT2D eigenvalue weighted by Gasteiger charge is -2.26. The van der Waals surface area contributed by atoms with Gasteiger partial charge in [0, 0.05) is 12.2 Å². The Bertz CT molecular complexity index is 463. The Balaban J connectivity index is 3.18. The molecule has 19 heavy (non-hydrogen) atoms. The van der Waals surface area contributed by atoms with Gasteiger partial charge in [-0.25, -0.2) is 4.79 Å². The molecule has 5 nitrogen and oxygen atoms in total. The van der Waals surface area contributed by atoms with Crippen LogP contribution in [0, 0.1) is 0 Å². The van der Waals surface area contributed by atoms with E-state index in [2.05, 4.69) is 0 Å². The Hall–Kier alpha value is -1.96. The number of hydrogen-bond acceptors (Lipinski definition) is 4. The summed E-state index contributed by atoms with van der Waals surface area (Å²) in [5, 5.41) is 17.8. The molecule has 0 spiro atoms. The fourth-order valence-corrected chi connectivity index (χ4v) is 1.62. The van der Waals surface area contributed by atoms with Crippen LogP contribution in [0.3, 0.4) is 0 Å². The van der Waals surface area contributed by atoms with E-state index in [1.807, 2.05) is 0 Å². The summed E-state index contributed by atoms with van der Waals surface area (Å²) in [6.07, 6.45) is -4.51. The lowest BCUT2D eigenvalue weighted by molar-refractivity contribution is -0.119. The van der Waals surface area contributed by atoms with Crippen molar-refractivity contribution in [2.45, 2.75) is 6.18 Å². The van der Waals surface area contributed by atoms with Crippen molar-refractivity contribution in [1.29, 1.82) is 0 Å². The molecule has 0 aliphatic heterocycles. The number of carbonyl (C=O) groups is 1. The van der Waals surface area contributed by atoms with Gasteiger partial charge in [-0.15, -0.1) is 0 Å². The van der Waals surface area contributed by atoms with Gasteiger partial charge in [-0.1, -0.05) is 0 Å². The van der Waals surface area contributed by atoms with Gasteiger partial charge in [0.2, 0.25) is 0 Å². The number of nitrogen functional groups attached to an aromatic ring is 1. The molecule has 1 aromatic carbocycles. The van der Waals surface area contributed by atoms with Gasteiger partial charge in [0.15, 0.2) is 0 Å². The van der Waals surface area contributed by atoms with Gasteiger partial charge in [0.05, 0.1) is 17.9 Å². The number of nitrogens with two attached hydrogens (primary N) is 1. The maximum Gasteiger partial charge on any atom is 0.405 e. The van der Waals surface area contributed by atoms with Gasteiger partial charge in [-0.3, -0.25) is 0 Å². The van der Waals surface area contributed by atoms with Crippen molar-refractivity contribution in [1.82, 2.24) is 0 Å². The summed E-state index contributed by atoms with van der Waals surface area (Å²) >= 11 is 0. The number of hydrogen-bond donors (Lipinski definition) is 3. The number of halogens is 3. The van der Waals surface area contributed by atoms with Crippen LogP contribution in [0.1, 0.15) is 10.4 Å². The average Bonchev–Trinajstić information content (AvgIpc) is 2.26. The maximum atomic E-state index is 12.4. The highest BCUT2D eigenvalue weighted by Crippen LogP contribution is 2.26. The van der Waals surface area contributed by atoms with Crippen molar-refractivity contribution >= 4 is 17.3 Å². The predicted octanol–water partition coefficient (Wildman–Crippen LogP) is 1.33. The largest absolute Gasteiger partial charge is 0.478 e. The standard InChI is InChI=1S/C11H13F3N2O3/c12-11(13,14)6-16(3-4-17)9-2-1-7(15)5-8(9)10(18)19/h1-2,5,17H,3-4,6,15H2,(H,18,19). The number of aliphatic hydroxyl groups is 1. The van der Waals surface area contributed by atoms with Crippen LogP contribution in [0.2, 0.25) is 0 Å². The quantitative estimate of drug-likeness (QED) is 0.707. The molecule has 0 unspecified atom stereocenters. The molecule has 0 fully saturated rings. The van der Waals surface area contributed by atoms with Gasteiger partial charge in [0.25, 0.3) is 0 Å². The Kier molecular flexibility index (Phi) is 4.60. The van der Waals surface area contributed by atoms with E-state index in [4.69, 9.17) is 15.9 Å². The molecule has 0 heterocycles. The van der Waals surface area contributed by atoms with Crippen LogP contribution in [-0.2, 0) is 0 Å². The van der Waals surface area contributed by atoms with E-state index in [9.17, 15) is 18.0 Å². The second-order valence-corrected chi connectivity index (χ2v) is 3.84. The van der Waals surface area contributed by atoms with Crippen molar-refractivity contribution in [2.24, 2.45) is 0 Å². The Morgan fingerprint density at radius 2 is 2.00 bits per heavy atom. The van der Waals surface area contributed by atoms with Crippen molar-refractivity contribution < 1.29 is 28.2 Å². The van der Waals surface area contributed by atoms with E-state index in [1.165, 1.54) is 12.1 Å². The third-order valence-electron chi connectivity index (χ3n) is 2.33. The number of anilines is 2. The van der Waals surface area contributed by atoms with E-state index in [0.717, 1.165) is 11.0 Å². The molecule has 0 amide bonds. The van der Waals surface area contributed by atoms with Gasteiger partial charge in [-0.2, -0.15) is 13.2 Å². The van der Waals surface area contributed by atoms with E-state index in [1.54, 1.807) is 0 Å². The SMILES string of the molecule is Nc1ccc(N(CCO)CC(F)(F)F)c(C(=O)O)c1. The molecule has 0 bridgehead atoms. The topological polar surface area (TPSA) is 86.8 Å². The normalized spacial score (nSPS) is 11.4. The maximum absolute atomic E-state index is 12.4. The molecular weight excluding hydrogens is 265 g/mol. The molecule has 0 radical (unpaired) electrons. The summed E-state index contributed by atoms with van der Waals surface area (Å²) in [7, 11) is 0. The van der Waals surface area contributed by atoms with E-state index in [-0.39, 0.29) is 23.5 Å². The first-order valence-corrected chi connectivity index (χ1v) is 5.30. The first-order chi connectivity index (χ1) is 8.74. The third kappa shape index (κ3) is 4.32. The van der Waals surface area contributed by atoms with Crippen molar-refractivity contribution in [3.05, 3.63) is 23.8 Å². The lowest BCUT2D eigenvalue weighted by atomic mass is 10.1. The zero-order valence-corrected chi connectivity index (χ0v) is 9.81. The fourth-order valence-electron chi connectivity index (χ4n) is 1.62. The highest BCUT2D eigenvalue weighted by Gasteiger charge is 2.32. The molecule has 0 aromatic heterocycles. The number of alkyl halides is 3. The highest BCUT2D eigenvalue weighted by atomic mass is 19.4. The van der Waals surface area contributed by atoms with Gasteiger partial charge < -0.3 is 20.8 Å². The first kappa shape index (κ1) is 15.1. The zero-order chi connectivity index (χ0) is 14.6. The van der Waals surface area contributed by atoms with Crippen LogP contribution in [0.25, 0.3) is 0 Å². The third-order valence-corrected chi connectivity index (χ3v) is 2.33. The van der Waals surface area contributed by atoms with Crippen LogP contribution in [-0.4, -0.2) is 42.1 Å². The number of rotatable bonds is 5. The summed E-state index contributed by atoms with van der Waals surface area (Å²) < 4.78 is 37.3. The predicted molar refractivity (Wildman–Crippen MR) is 63.2 cm³/mol. The second-order valence-electron chi connectivity index (χ2n) is 3.84. The molecule has 0 aliphatic rings. The first-order valence-electron chi connectivity index (χ1n) is 5.30. The fraction of sp³-hybridized carbons (Fsp3) is 0.364. The number of benzene rings is 1. The number of nitrogens with zero attached hydrogens (tertiary/aromatic N) is 1. The molecule has 0 aliphatic carbocycles. The van der Waals surface area contributed by atoms with Crippen molar-refractivity contribution in [2.75, 3.05) is 30.3 Å². The monoisotopic (exact) mass is 278 g/mol. The summed E-state index contributed by atoms with van der Waals surface area (Å²) in [4.78, 5) is 11.8. The molecule has 4 N–H and O–H groups in total. The molecular formula is C11H13F3N2O3. The molecule has 1 aromatic rings. The van der Waals surface area contributed by atoms with E-state index in [0.29, 0.717) is 0 Å². The van der Waals surface area contributed by atoms with Crippen molar-refractivity contribution in [3.8, 4) is 0 Å². The summed E-state index contributed by atoms with van der Waals surface area (Å²) in [6.45, 7) is -2.21. The molecule has 0 saturated heterocycles. The second kappa shape index (κ2) is 5.79. The summed E-state index contributed by atoms with van der Waals surface area (Å²) in [5.41, 5.74) is 5.08. The van der Waals surface area contributed by atoms with Crippen LogP contribution >= 0.6 is 0 Å². The zero-order valence-electron chi connectivity index (χ0n) is 9.81. The van der Waals surface area contributed by atoms with E-state index < -0.39 is 25.3 Å². The minimum Gasteiger partial charge on any atom is -0.478 e. The smallest absolute Gasteiger partial charge is 0.405 e. The summed E-state index contributed by atoms with van der Waals surface area (Å²) in [5.74, 6) is -1.38. The summed E-state index contributed by atoms with van der Waals surface area (Å²) in [6, 6.07) is 3.58. The Morgan fingerprint density at radius 1 is 1.37 bits per heavy atom. The molecule has 8 heteroatoms. The molecule has 0 atom stereocenters. The number of aliphatic hydroxyl groups excluding tert-OH is 1. The van der Waals surface area contributed by atoms with Crippen LogP contribution in [0.15, 0.2) is 18.2 Å². The number of aromatic carboxylic acids is 1. The Morgan fingerprint density at radius 3 is 2.47 bits per heavy atom.